The highest BCUT2D eigenvalue weighted by atomic mass is 15.2. The quantitative estimate of drug-likeness (QED) is 0.805. The standard InChI is InChI=1S/C15H31N3/c1-12-5-4-8-15(10-12,18(2)3)11-17-14-7-6-13(16)9-14/h12-14,17H,4-11,16H2,1-3H3. The monoisotopic (exact) mass is 253 g/mol. The lowest BCUT2D eigenvalue weighted by Crippen LogP contribution is -2.55. The molecule has 18 heavy (non-hydrogen) atoms. The molecule has 0 heterocycles. The van der Waals surface area contributed by atoms with E-state index in [2.05, 4.69) is 31.2 Å². The fraction of sp³-hybridized carbons (Fsp3) is 1.00. The number of nitrogens with one attached hydrogen (secondary N) is 1. The second-order valence-electron chi connectivity index (χ2n) is 6.97. The van der Waals surface area contributed by atoms with E-state index >= 15 is 0 Å². The highest BCUT2D eigenvalue weighted by Crippen LogP contribution is 2.35. The molecule has 2 fully saturated rings. The van der Waals surface area contributed by atoms with Crippen molar-refractivity contribution in [3.05, 3.63) is 0 Å². The van der Waals surface area contributed by atoms with Crippen LogP contribution in [0.1, 0.15) is 51.9 Å². The van der Waals surface area contributed by atoms with Gasteiger partial charge in [0, 0.05) is 24.2 Å². The summed E-state index contributed by atoms with van der Waals surface area (Å²) in [7, 11) is 4.50. The Kier molecular flexibility index (Phi) is 4.68. The largest absolute Gasteiger partial charge is 0.328 e. The summed E-state index contributed by atoms with van der Waals surface area (Å²) in [4.78, 5) is 2.46. The molecule has 0 radical (unpaired) electrons. The van der Waals surface area contributed by atoms with Gasteiger partial charge in [-0.05, 0) is 52.1 Å². The number of nitrogens with two attached hydrogens (primary N) is 1. The van der Waals surface area contributed by atoms with Crippen molar-refractivity contribution < 1.29 is 0 Å². The second kappa shape index (κ2) is 5.89. The van der Waals surface area contributed by atoms with E-state index in [0.29, 0.717) is 17.6 Å². The molecule has 0 aromatic carbocycles. The first-order valence-electron chi connectivity index (χ1n) is 7.68. The van der Waals surface area contributed by atoms with Gasteiger partial charge in [0.05, 0.1) is 0 Å². The number of nitrogens with zero attached hydrogens (tertiary/aromatic N) is 1. The van der Waals surface area contributed by atoms with Crippen LogP contribution in [0.15, 0.2) is 0 Å². The van der Waals surface area contributed by atoms with E-state index in [1.807, 2.05) is 0 Å². The zero-order valence-corrected chi connectivity index (χ0v) is 12.4. The molecular formula is C15H31N3. The van der Waals surface area contributed by atoms with Gasteiger partial charge in [-0.3, -0.25) is 0 Å². The van der Waals surface area contributed by atoms with Gasteiger partial charge in [0.25, 0.3) is 0 Å². The number of rotatable bonds is 4. The van der Waals surface area contributed by atoms with Crippen molar-refractivity contribution in [2.75, 3.05) is 20.6 Å². The van der Waals surface area contributed by atoms with Gasteiger partial charge in [-0.1, -0.05) is 19.8 Å². The van der Waals surface area contributed by atoms with Crippen molar-refractivity contribution in [3.63, 3.8) is 0 Å². The van der Waals surface area contributed by atoms with Crippen LogP contribution in [0.4, 0.5) is 0 Å². The van der Waals surface area contributed by atoms with Gasteiger partial charge in [0.2, 0.25) is 0 Å². The molecule has 0 aromatic heterocycles. The average molecular weight is 253 g/mol. The van der Waals surface area contributed by atoms with E-state index in [1.54, 1.807) is 0 Å². The van der Waals surface area contributed by atoms with E-state index in [4.69, 9.17) is 5.73 Å². The maximum absolute atomic E-state index is 6.00. The molecule has 3 heteroatoms. The molecule has 106 valence electrons. The predicted octanol–water partition coefficient (Wildman–Crippen LogP) is 1.97. The Labute approximate surface area is 112 Å². The van der Waals surface area contributed by atoms with Crippen LogP contribution >= 0.6 is 0 Å². The molecule has 0 aliphatic heterocycles. The highest BCUT2D eigenvalue weighted by Gasteiger charge is 2.37. The summed E-state index contributed by atoms with van der Waals surface area (Å²) in [6.07, 6.45) is 9.10. The molecule has 0 saturated heterocycles. The second-order valence-corrected chi connectivity index (χ2v) is 6.97. The topological polar surface area (TPSA) is 41.3 Å². The number of likely N-dealkylation sites (N-methyl/N-ethyl adjacent to an activating group) is 1. The van der Waals surface area contributed by atoms with Crippen LogP contribution in [0.25, 0.3) is 0 Å². The Morgan fingerprint density at radius 3 is 2.61 bits per heavy atom. The van der Waals surface area contributed by atoms with Crippen LogP contribution in [0.2, 0.25) is 0 Å². The Balaban J connectivity index is 1.90. The summed E-state index contributed by atoms with van der Waals surface area (Å²) in [5.74, 6) is 0.869. The molecule has 0 spiro atoms. The summed E-state index contributed by atoms with van der Waals surface area (Å²) in [6, 6.07) is 1.09. The zero-order chi connectivity index (χ0) is 13.2. The summed E-state index contributed by atoms with van der Waals surface area (Å²) in [5, 5.41) is 3.80. The number of hydrogen-bond donors (Lipinski definition) is 2. The van der Waals surface area contributed by atoms with Crippen LogP contribution in [-0.4, -0.2) is 43.2 Å². The van der Waals surface area contributed by atoms with Crippen molar-refractivity contribution >= 4 is 0 Å². The third kappa shape index (κ3) is 3.25. The first-order chi connectivity index (χ1) is 8.52. The van der Waals surface area contributed by atoms with Gasteiger partial charge in [-0.25, -0.2) is 0 Å². The normalized spacial score (nSPS) is 41.5. The minimum Gasteiger partial charge on any atom is -0.328 e. The van der Waals surface area contributed by atoms with E-state index in [1.165, 1.54) is 44.9 Å². The summed E-state index contributed by atoms with van der Waals surface area (Å²) in [6.45, 7) is 3.55. The Morgan fingerprint density at radius 1 is 1.28 bits per heavy atom. The Bertz CT molecular complexity index is 266. The van der Waals surface area contributed by atoms with Gasteiger partial charge in [-0.15, -0.1) is 0 Å². The van der Waals surface area contributed by atoms with Gasteiger partial charge in [0.15, 0.2) is 0 Å². The van der Waals surface area contributed by atoms with Gasteiger partial charge < -0.3 is 16.0 Å². The third-order valence-corrected chi connectivity index (χ3v) is 5.21. The van der Waals surface area contributed by atoms with Gasteiger partial charge >= 0.3 is 0 Å². The summed E-state index contributed by atoms with van der Waals surface area (Å²) >= 11 is 0. The van der Waals surface area contributed by atoms with E-state index in [0.717, 1.165) is 12.5 Å². The van der Waals surface area contributed by atoms with Crippen molar-refractivity contribution in [2.45, 2.75) is 69.5 Å². The lowest BCUT2D eigenvalue weighted by molar-refractivity contribution is 0.0724. The molecule has 3 N–H and O–H groups in total. The third-order valence-electron chi connectivity index (χ3n) is 5.21. The molecule has 0 bridgehead atoms. The zero-order valence-electron chi connectivity index (χ0n) is 12.4. The first kappa shape index (κ1) is 14.3. The molecule has 0 aromatic rings. The van der Waals surface area contributed by atoms with E-state index < -0.39 is 0 Å². The molecule has 4 atom stereocenters. The van der Waals surface area contributed by atoms with Gasteiger partial charge in [-0.2, -0.15) is 0 Å². The van der Waals surface area contributed by atoms with Crippen molar-refractivity contribution in [3.8, 4) is 0 Å². The van der Waals surface area contributed by atoms with E-state index in [-0.39, 0.29) is 0 Å². The minimum atomic E-state index is 0.379. The summed E-state index contributed by atoms with van der Waals surface area (Å²) < 4.78 is 0. The fourth-order valence-electron chi connectivity index (χ4n) is 3.89. The lowest BCUT2D eigenvalue weighted by Gasteiger charge is -2.46. The van der Waals surface area contributed by atoms with Crippen molar-refractivity contribution in [1.82, 2.24) is 10.2 Å². The molecule has 0 amide bonds. The minimum absolute atomic E-state index is 0.379. The number of hydrogen-bond acceptors (Lipinski definition) is 3. The van der Waals surface area contributed by atoms with Crippen LogP contribution in [0.5, 0.6) is 0 Å². The maximum atomic E-state index is 6.00. The smallest absolute Gasteiger partial charge is 0.0330 e. The lowest BCUT2D eigenvalue weighted by atomic mass is 9.75. The Hall–Kier alpha value is -0.120. The molecule has 2 rings (SSSR count). The SMILES string of the molecule is CC1CCCC(CNC2CCC(N)C2)(N(C)C)C1. The van der Waals surface area contributed by atoms with Crippen LogP contribution in [0, 0.1) is 5.92 Å². The van der Waals surface area contributed by atoms with Crippen LogP contribution in [0.3, 0.4) is 0 Å². The van der Waals surface area contributed by atoms with Crippen molar-refractivity contribution in [1.29, 1.82) is 0 Å². The molecule has 2 saturated carbocycles. The molecule has 3 nitrogen and oxygen atoms in total. The Morgan fingerprint density at radius 2 is 2.06 bits per heavy atom. The van der Waals surface area contributed by atoms with Gasteiger partial charge in [0.1, 0.15) is 0 Å². The van der Waals surface area contributed by atoms with Crippen molar-refractivity contribution in [2.24, 2.45) is 11.7 Å². The van der Waals surface area contributed by atoms with Crippen LogP contribution in [-0.2, 0) is 0 Å². The van der Waals surface area contributed by atoms with E-state index in [9.17, 15) is 0 Å². The fourth-order valence-corrected chi connectivity index (χ4v) is 3.89. The maximum Gasteiger partial charge on any atom is 0.0330 e. The molecule has 2 aliphatic carbocycles. The predicted molar refractivity (Wildman–Crippen MR) is 77.7 cm³/mol. The molecule has 4 unspecified atom stereocenters. The first-order valence-corrected chi connectivity index (χ1v) is 7.68. The molecular weight excluding hydrogens is 222 g/mol. The average Bonchev–Trinajstić information content (AvgIpc) is 2.72. The summed E-state index contributed by atoms with van der Waals surface area (Å²) in [5.41, 5.74) is 6.38. The molecule has 2 aliphatic rings. The van der Waals surface area contributed by atoms with Crippen LogP contribution < -0.4 is 11.1 Å². The highest BCUT2D eigenvalue weighted by molar-refractivity contribution is 4.96.